The summed E-state index contributed by atoms with van der Waals surface area (Å²) in [6, 6.07) is 0. The summed E-state index contributed by atoms with van der Waals surface area (Å²) in [7, 11) is 1.32. The fraction of sp³-hybridized carbons (Fsp3) is 0.714. The Morgan fingerprint density at radius 2 is 2.08 bits per heavy atom. The van der Waals surface area contributed by atoms with E-state index >= 15 is 0 Å². The van der Waals surface area contributed by atoms with E-state index in [1.165, 1.54) is 12.7 Å². The first-order valence-corrected chi connectivity index (χ1v) is 9.53. The fourth-order valence-electron chi connectivity index (χ4n) is 5.55. The minimum absolute atomic E-state index is 0.0431. The molecule has 2 fully saturated rings. The number of methoxy groups -OCH3 is 1. The third kappa shape index (κ3) is 2.72. The van der Waals surface area contributed by atoms with Gasteiger partial charge >= 0.3 is 5.97 Å². The number of ether oxygens (including phenoxy) is 2. The Morgan fingerprint density at radius 1 is 1.38 bits per heavy atom. The van der Waals surface area contributed by atoms with Gasteiger partial charge < -0.3 is 14.6 Å². The summed E-state index contributed by atoms with van der Waals surface area (Å²) in [6.45, 7) is 11.0. The first-order valence-electron chi connectivity index (χ1n) is 9.53. The molecule has 5 nitrogen and oxygen atoms in total. The lowest BCUT2D eigenvalue weighted by Gasteiger charge is -2.58. The number of fused-ring (bicyclic) bond motifs is 1. The van der Waals surface area contributed by atoms with Gasteiger partial charge in [0.05, 0.1) is 0 Å². The van der Waals surface area contributed by atoms with Gasteiger partial charge in [0.1, 0.15) is 5.57 Å². The minimum atomic E-state index is -1.17. The number of carbonyl (C=O) groups excluding carboxylic acids is 2. The molecule has 1 N–H and O–H groups in total. The maximum atomic E-state index is 13.0. The number of aliphatic hydroxyl groups is 1. The number of carbonyl (C=O) groups is 2. The van der Waals surface area contributed by atoms with Crippen molar-refractivity contribution in [2.45, 2.75) is 65.6 Å². The predicted molar refractivity (Wildman–Crippen MR) is 97.3 cm³/mol. The number of esters is 1. The molecular formula is C21H30O5. The molecule has 5 heteroatoms. The Balaban J connectivity index is 1.91. The van der Waals surface area contributed by atoms with Crippen LogP contribution in [0.2, 0.25) is 0 Å². The molecule has 0 amide bonds. The number of Topliss-reactive ketones (excluding diaryl/α,β-unsaturated/α-hetero) is 1. The molecule has 26 heavy (non-hydrogen) atoms. The number of aliphatic hydroxyl groups excluding tert-OH is 1. The molecule has 0 unspecified atom stereocenters. The van der Waals surface area contributed by atoms with Crippen molar-refractivity contribution >= 4 is 11.8 Å². The SMILES string of the molecule is C=C1CCC[C@H]2[C@](C)(CC(=O)C3=C(O)[C@@H](OC)OC3=O)[C@@H](C)CC[C@]12C. The van der Waals surface area contributed by atoms with E-state index < -0.39 is 18.0 Å². The fourth-order valence-corrected chi connectivity index (χ4v) is 5.55. The second kappa shape index (κ2) is 6.52. The van der Waals surface area contributed by atoms with Crippen LogP contribution in [0.15, 0.2) is 23.5 Å². The highest BCUT2D eigenvalue weighted by Gasteiger charge is 2.55. The van der Waals surface area contributed by atoms with Crippen LogP contribution < -0.4 is 0 Å². The summed E-state index contributed by atoms with van der Waals surface area (Å²) in [5, 5.41) is 10.2. The highest BCUT2D eigenvalue weighted by molar-refractivity contribution is 6.19. The van der Waals surface area contributed by atoms with Gasteiger partial charge in [0.15, 0.2) is 11.5 Å². The van der Waals surface area contributed by atoms with Gasteiger partial charge in [-0.3, -0.25) is 4.79 Å². The number of rotatable bonds is 4. The maximum Gasteiger partial charge on any atom is 0.348 e. The minimum Gasteiger partial charge on any atom is -0.505 e. The summed E-state index contributed by atoms with van der Waals surface area (Å²) < 4.78 is 9.84. The lowest BCUT2D eigenvalue weighted by molar-refractivity contribution is -0.159. The Labute approximate surface area is 155 Å². The zero-order valence-electron chi connectivity index (χ0n) is 16.3. The largest absolute Gasteiger partial charge is 0.505 e. The van der Waals surface area contributed by atoms with Crippen LogP contribution in [0, 0.1) is 22.7 Å². The zero-order valence-corrected chi connectivity index (χ0v) is 16.3. The molecule has 0 bridgehead atoms. The van der Waals surface area contributed by atoms with Crippen LogP contribution in [0.3, 0.4) is 0 Å². The van der Waals surface area contributed by atoms with E-state index in [1.807, 2.05) is 0 Å². The van der Waals surface area contributed by atoms with Crippen molar-refractivity contribution in [1.29, 1.82) is 0 Å². The summed E-state index contributed by atoms with van der Waals surface area (Å²) in [5.41, 5.74) is 0.849. The maximum absolute atomic E-state index is 13.0. The van der Waals surface area contributed by atoms with Gasteiger partial charge in [-0.1, -0.05) is 32.9 Å². The van der Waals surface area contributed by atoms with Crippen LogP contribution in [-0.2, 0) is 19.1 Å². The van der Waals surface area contributed by atoms with Gasteiger partial charge in [-0.25, -0.2) is 4.79 Å². The van der Waals surface area contributed by atoms with Crippen LogP contribution in [0.25, 0.3) is 0 Å². The second-order valence-electron chi connectivity index (χ2n) is 8.74. The van der Waals surface area contributed by atoms with Crippen molar-refractivity contribution < 1.29 is 24.2 Å². The summed E-state index contributed by atoms with van der Waals surface area (Å²) in [4.78, 5) is 25.1. The number of cyclic esters (lactones) is 1. The molecule has 0 aromatic heterocycles. The van der Waals surface area contributed by atoms with Crippen molar-refractivity contribution in [1.82, 2.24) is 0 Å². The molecule has 0 aromatic rings. The molecule has 2 aliphatic carbocycles. The van der Waals surface area contributed by atoms with Gasteiger partial charge in [-0.2, -0.15) is 0 Å². The Kier molecular flexibility index (Phi) is 4.80. The molecule has 0 spiro atoms. The second-order valence-corrected chi connectivity index (χ2v) is 8.74. The Morgan fingerprint density at radius 3 is 2.69 bits per heavy atom. The molecule has 1 heterocycles. The van der Waals surface area contributed by atoms with E-state index in [0.717, 1.165) is 32.1 Å². The molecule has 1 aliphatic heterocycles. The topological polar surface area (TPSA) is 72.8 Å². The smallest absolute Gasteiger partial charge is 0.348 e. The van der Waals surface area contributed by atoms with Crippen molar-refractivity contribution in [3.8, 4) is 0 Å². The lowest BCUT2D eigenvalue weighted by Crippen LogP contribution is -2.51. The number of hydrogen-bond acceptors (Lipinski definition) is 5. The molecule has 144 valence electrons. The molecular weight excluding hydrogens is 332 g/mol. The van der Waals surface area contributed by atoms with E-state index in [1.54, 1.807) is 0 Å². The zero-order chi connectivity index (χ0) is 19.3. The van der Waals surface area contributed by atoms with E-state index in [9.17, 15) is 14.7 Å². The quantitative estimate of drug-likeness (QED) is 0.463. The van der Waals surface area contributed by atoms with Crippen LogP contribution in [0.4, 0.5) is 0 Å². The average Bonchev–Trinajstić information content (AvgIpc) is 2.87. The third-order valence-electron chi connectivity index (χ3n) is 7.50. The third-order valence-corrected chi connectivity index (χ3v) is 7.50. The molecule has 3 rings (SSSR count). The van der Waals surface area contributed by atoms with Crippen molar-refractivity contribution in [2.24, 2.45) is 22.7 Å². The monoisotopic (exact) mass is 362 g/mol. The summed E-state index contributed by atoms with van der Waals surface area (Å²) in [6.07, 6.45) is 4.41. The molecule has 0 radical (unpaired) electrons. The van der Waals surface area contributed by atoms with Crippen molar-refractivity contribution in [2.75, 3.05) is 7.11 Å². The van der Waals surface area contributed by atoms with Crippen molar-refractivity contribution in [3.05, 3.63) is 23.5 Å². The van der Waals surface area contributed by atoms with Gasteiger partial charge in [-0.05, 0) is 54.8 Å². The Hall–Kier alpha value is -1.62. The molecule has 3 aliphatic rings. The average molecular weight is 362 g/mol. The predicted octanol–water partition coefficient (Wildman–Crippen LogP) is 4.09. The molecule has 5 atom stereocenters. The molecule has 0 saturated heterocycles. The molecule has 2 saturated carbocycles. The first kappa shape index (κ1) is 19.2. The van der Waals surface area contributed by atoms with E-state index in [4.69, 9.17) is 9.47 Å². The van der Waals surface area contributed by atoms with Crippen LogP contribution in [0.1, 0.15) is 59.3 Å². The van der Waals surface area contributed by atoms with Gasteiger partial charge in [0.25, 0.3) is 6.29 Å². The number of ketones is 1. The highest BCUT2D eigenvalue weighted by atomic mass is 16.7. The van der Waals surface area contributed by atoms with Gasteiger partial charge in [0.2, 0.25) is 0 Å². The first-order chi connectivity index (χ1) is 12.1. The van der Waals surface area contributed by atoms with E-state index in [-0.39, 0.29) is 28.6 Å². The van der Waals surface area contributed by atoms with Gasteiger partial charge in [0, 0.05) is 13.5 Å². The normalized spacial score (nSPS) is 40.4. The number of allylic oxidation sites excluding steroid dienone is 1. The molecule has 0 aromatic carbocycles. The summed E-state index contributed by atoms with van der Waals surface area (Å²) in [5.74, 6) is -0.828. The van der Waals surface area contributed by atoms with Crippen LogP contribution in [-0.4, -0.2) is 30.3 Å². The van der Waals surface area contributed by atoms with E-state index in [2.05, 4.69) is 27.4 Å². The Bertz CT molecular complexity index is 678. The standard InChI is InChI=1S/C21H30O5/c1-12-7-6-8-15-20(12,3)10-9-13(2)21(15,4)11-14(22)16-17(23)19(25-5)26-18(16)24/h13,15,19,23H,1,6-11H2,2-5H3/t13-,15+,19-,20+,21+/m0/s1. The number of hydrogen-bond donors (Lipinski definition) is 1. The van der Waals surface area contributed by atoms with E-state index in [0.29, 0.717) is 11.8 Å². The van der Waals surface area contributed by atoms with Crippen LogP contribution in [0.5, 0.6) is 0 Å². The lowest BCUT2D eigenvalue weighted by atomic mass is 9.46. The van der Waals surface area contributed by atoms with Gasteiger partial charge in [-0.15, -0.1) is 0 Å². The summed E-state index contributed by atoms with van der Waals surface area (Å²) >= 11 is 0. The van der Waals surface area contributed by atoms with Crippen molar-refractivity contribution in [3.63, 3.8) is 0 Å². The highest BCUT2D eigenvalue weighted by Crippen LogP contribution is 2.62. The van der Waals surface area contributed by atoms with Crippen LogP contribution >= 0.6 is 0 Å².